The van der Waals surface area contributed by atoms with Gasteiger partial charge < -0.3 is 62.8 Å². The van der Waals surface area contributed by atoms with Crippen LogP contribution in [0.5, 0.6) is 0 Å². The molecule has 3 heterocycles. The quantitative estimate of drug-likeness (QED) is 0.0395. The van der Waals surface area contributed by atoms with Gasteiger partial charge in [-0.2, -0.15) is 0 Å². The lowest BCUT2D eigenvalue weighted by atomic mass is 9.93. The highest BCUT2D eigenvalue weighted by Crippen LogP contribution is 2.37. The number of carbonyl (C=O) groups is 6. The van der Waals surface area contributed by atoms with Crippen molar-refractivity contribution in [3.8, 4) is 44.5 Å². The number of Topliss-reactive ketones (excluding diaryl/α,β-unsaturated/α-hetero) is 6. The van der Waals surface area contributed by atoms with Crippen molar-refractivity contribution in [2.24, 2.45) is 0 Å². The molecule has 13 rings (SSSR count). The Morgan fingerprint density at radius 1 is 0.202 bits per heavy atom. The predicted molar refractivity (Wildman–Crippen MR) is 331 cm³/mol. The Kier molecular flexibility index (Phi) is 14.6. The zero-order chi connectivity index (χ0) is 58.0. The first-order valence-electron chi connectivity index (χ1n) is 24.7. The van der Waals surface area contributed by atoms with Crippen LogP contribution in [0.15, 0.2) is 146 Å². The van der Waals surface area contributed by atoms with Crippen LogP contribution < -0.4 is 57.3 Å². The molecule has 416 valence electrons. The largest absolute Gasteiger partial charge is 0.412 e. The first-order valence-corrected chi connectivity index (χ1v) is 24.7. The van der Waals surface area contributed by atoms with Gasteiger partial charge in [0.2, 0.25) is 0 Å². The average Bonchev–Trinajstić information content (AvgIpc) is 1.91. The molecule has 3 aromatic heterocycles. The maximum atomic E-state index is 10.4. The number of benzene rings is 9. The molecule has 1 fully saturated rings. The fourth-order valence-electron chi connectivity index (χ4n) is 9.08. The van der Waals surface area contributed by atoms with Crippen LogP contribution in [0.1, 0.15) is 7.43 Å². The minimum Gasteiger partial charge on any atom is -0.412 e. The van der Waals surface area contributed by atoms with Gasteiger partial charge in [-0.25, -0.2) is 29.9 Å². The summed E-state index contributed by atoms with van der Waals surface area (Å²) in [5, 5.41) is 0. The molecule has 0 spiro atoms. The van der Waals surface area contributed by atoms with Crippen LogP contribution in [0.4, 0.5) is 56.9 Å². The number of fused-ring (bicyclic) bond motifs is 9. The maximum Gasteiger partial charge on any atom is 0.281 e. The second-order valence-electron chi connectivity index (χ2n) is 19.1. The fourth-order valence-corrected chi connectivity index (χ4v) is 9.08. The minimum absolute atomic E-state index is 0. The summed E-state index contributed by atoms with van der Waals surface area (Å²) in [6.45, 7) is 0. The summed E-state index contributed by atoms with van der Waals surface area (Å²) in [7, 11) is 0. The van der Waals surface area contributed by atoms with Gasteiger partial charge in [0.15, 0.2) is 0 Å². The summed E-state index contributed by atoms with van der Waals surface area (Å²) < 4.78 is 0. The van der Waals surface area contributed by atoms with Crippen molar-refractivity contribution < 1.29 is 34.2 Å². The molecule has 0 unspecified atom stereocenters. The van der Waals surface area contributed by atoms with Crippen molar-refractivity contribution in [2.45, 2.75) is 7.43 Å². The number of nitrogens with zero attached hydrogens (tertiary/aromatic N) is 6. The molecule has 23 nitrogen and oxygen atoms in total. The average molecular weight is 1120 g/mol. The van der Waals surface area contributed by atoms with Gasteiger partial charge in [-0.3, -0.25) is 28.8 Å². The normalized spacial score (nSPS) is 12.2. The van der Waals surface area contributed by atoms with Crippen LogP contribution >= 0.6 is 0 Å². The number of ketones is 6. The second-order valence-corrected chi connectivity index (χ2v) is 19.1. The predicted octanol–water partition coefficient (Wildman–Crippen LogP) is 6.38. The van der Waals surface area contributed by atoms with Gasteiger partial charge in [0.1, 0.15) is 33.1 Å². The second kappa shape index (κ2) is 21.8. The number of aromatic nitrogens is 6. The molecule has 0 atom stereocenters. The smallest absolute Gasteiger partial charge is 0.281 e. The molecular weight excluding hydrogens is 1070 g/mol. The third kappa shape index (κ3) is 10.2. The Hall–Kier alpha value is -12.2. The van der Waals surface area contributed by atoms with Crippen molar-refractivity contribution in [3.63, 3.8) is 0 Å². The van der Waals surface area contributed by atoms with Crippen LogP contribution in [0.3, 0.4) is 0 Å². The third-order valence-corrected chi connectivity index (χ3v) is 13.7. The fraction of sp³-hybridized carbons (Fsp3) is 0.0164. The van der Waals surface area contributed by atoms with Gasteiger partial charge in [-0.15, -0.1) is 0 Å². The van der Waals surface area contributed by atoms with Gasteiger partial charge >= 0.3 is 0 Å². The van der Waals surface area contributed by atoms with E-state index < -0.39 is 34.7 Å². The van der Waals surface area contributed by atoms with E-state index in [0.717, 1.165) is 44.5 Å². The summed E-state index contributed by atoms with van der Waals surface area (Å²) in [5.74, 6) is -10.4. The first kappa shape index (κ1) is 56.5. The van der Waals surface area contributed by atoms with E-state index in [-0.39, 0.29) is 12.9 Å². The van der Waals surface area contributed by atoms with Crippen LogP contribution in [0.25, 0.3) is 111 Å². The molecule has 1 aliphatic carbocycles. The van der Waals surface area contributed by atoms with Crippen LogP contribution in [0.2, 0.25) is 0 Å². The summed E-state index contributed by atoms with van der Waals surface area (Å²) in [4.78, 5) is 93.4. The summed E-state index contributed by atoms with van der Waals surface area (Å²) in [6, 6.07) is 45.5. The van der Waals surface area contributed by atoms with E-state index in [9.17, 15) is 28.8 Å². The van der Waals surface area contributed by atoms with Gasteiger partial charge in [-0.1, -0.05) is 56.0 Å². The topological polar surface area (TPSA) is 471 Å². The molecule has 0 radical (unpaired) electrons. The molecule has 9 aromatic carbocycles. The number of carbonyl (C=O) groups excluding carboxylic acids is 6. The molecule has 0 aliphatic heterocycles. The molecule has 12 aromatic rings. The Labute approximate surface area is 475 Å². The molecule has 0 amide bonds. The first-order chi connectivity index (χ1) is 39.2. The lowest BCUT2D eigenvalue weighted by Crippen LogP contribution is -2.49. The van der Waals surface area contributed by atoms with Gasteiger partial charge in [0.25, 0.3) is 34.7 Å². The summed E-state index contributed by atoms with van der Waals surface area (Å²) >= 11 is 0. The highest BCUT2D eigenvalue weighted by Gasteiger charge is 2.47. The van der Waals surface area contributed by atoms with Crippen molar-refractivity contribution in [1.82, 2.24) is 29.9 Å². The molecule has 1 saturated carbocycles. The van der Waals surface area contributed by atoms with Crippen molar-refractivity contribution >= 4 is 158 Å². The van der Waals surface area contributed by atoms with E-state index in [0.29, 0.717) is 123 Å². The number of nitrogens with two attached hydrogens (primary N) is 10. The number of rotatable bonds is 4. The lowest BCUT2D eigenvalue weighted by Gasteiger charge is -2.12. The zero-order valence-corrected chi connectivity index (χ0v) is 43.3. The Bertz CT molecular complexity index is 4320. The van der Waals surface area contributed by atoms with Gasteiger partial charge in [-0.05, 0) is 142 Å². The molecule has 84 heavy (non-hydrogen) atoms. The Morgan fingerprint density at radius 2 is 0.357 bits per heavy atom. The number of nitrogen functional groups attached to an aromatic ring is 10. The van der Waals surface area contributed by atoms with Crippen LogP contribution in [-0.4, -0.2) is 70.1 Å². The molecule has 0 bridgehead atoms. The Morgan fingerprint density at radius 3 is 0.536 bits per heavy atom. The van der Waals surface area contributed by atoms with Crippen LogP contribution in [-0.2, 0) is 28.8 Å². The van der Waals surface area contributed by atoms with E-state index in [1.165, 1.54) is 0 Å². The highest BCUT2D eigenvalue weighted by atomic mass is 16.2. The SMILES string of the molecule is C.Nc1ccc(-c2ccc(N)c(N)c2)cc1N.Nc1ccc(-c2ccc3nc4c5nc6cc(-c7ccc(N)c(N)c7)ccc6nc5c5nc6cc(-c7ccc(N)c(N)c7)ccc6nc5c4nc3c2)cc1N.O.O=C1C(=O)C(=O)C(=O)C(=O)C1=O. The van der Waals surface area contributed by atoms with E-state index in [1.54, 1.807) is 30.3 Å². The summed E-state index contributed by atoms with van der Waals surface area (Å²) in [6.07, 6.45) is 0. The molecule has 22 N–H and O–H groups in total. The van der Waals surface area contributed by atoms with Crippen molar-refractivity contribution in [1.29, 1.82) is 0 Å². The molecule has 0 saturated heterocycles. The number of anilines is 10. The summed E-state index contributed by atoms with van der Waals surface area (Å²) in [5.41, 5.74) is 79.5. The molecule has 23 heteroatoms. The number of hydrogen-bond donors (Lipinski definition) is 10. The van der Waals surface area contributed by atoms with E-state index in [2.05, 4.69) is 0 Å². The standard InChI is InChI=1S/C42H30N12.C12H14N4.C6O6.CH4.H2O/c43-25-7-1-19(13-28(25)46)22-4-10-31-34(16-22)52-40-37(49-31)41-39(51-33-12-6-24(18-36(33)53-41)21-3-9-27(45)30(48)15-21)42-38(40)50-32-11-5-23(17-35(32)54-42)20-2-8-26(44)29(47)14-20;13-9-3-1-7(5-11(9)15)8-2-4-10(14)12(16)6-8;7-1-2(8)4(10)6(12)5(11)3(1)9;;/h1-18H,43-48H2;1-6H,13-16H2;;1H4;1H2. The zero-order valence-electron chi connectivity index (χ0n) is 43.3. The van der Waals surface area contributed by atoms with Crippen LogP contribution in [0, 0.1) is 0 Å². The number of hydrogen-bond acceptors (Lipinski definition) is 22. The molecule has 1 aliphatic rings. The third-order valence-electron chi connectivity index (χ3n) is 13.7. The van der Waals surface area contributed by atoms with Crippen molar-refractivity contribution in [3.05, 3.63) is 146 Å². The minimum atomic E-state index is -1.73. The monoisotopic (exact) mass is 1120 g/mol. The Balaban J connectivity index is 0.000000232. The van der Waals surface area contributed by atoms with E-state index in [4.69, 9.17) is 87.2 Å². The molecular formula is C61H50N16O7. The van der Waals surface area contributed by atoms with Gasteiger partial charge in [0, 0.05) is 0 Å². The highest BCUT2D eigenvalue weighted by molar-refractivity contribution is 7.08. The maximum absolute atomic E-state index is 10.4. The van der Waals surface area contributed by atoms with Gasteiger partial charge in [0.05, 0.1) is 90.0 Å². The lowest BCUT2D eigenvalue weighted by molar-refractivity contribution is -0.158. The van der Waals surface area contributed by atoms with E-state index >= 15 is 0 Å². The van der Waals surface area contributed by atoms with E-state index in [1.807, 2.05) is 115 Å². The van der Waals surface area contributed by atoms with Crippen molar-refractivity contribution in [2.75, 3.05) is 57.3 Å².